The fraction of sp³-hybridized carbons (Fsp3) is 1.00. The van der Waals surface area contributed by atoms with Crippen molar-refractivity contribution >= 4 is 0 Å². The number of hydrogen-bond acceptors (Lipinski definition) is 2. The minimum atomic E-state index is 0.408. The Morgan fingerprint density at radius 1 is 1.07 bits per heavy atom. The van der Waals surface area contributed by atoms with Crippen LogP contribution >= 0.6 is 0 Å². The topological polar surface area (TPSA) is 23.5 Å². The molecule has 1 saturated heterocycles. The lowest BCUT2D eigenvalue weighted by Crippen LogP contribution is -2.28. The van der Waals surface area contributed by atoms with Crippen molar-refractivity contribution in [1.82, 2.24) is 4.90 Å². The zero-order valence-corrected chi connectivity index (χ0v) is 9.31. The van der Waals surface area contributed by atoms with Crippen LogP contribution in [0.2, 0.25) is 0 Å². The molecule has 5 unspecified atom stereocenters. The molecule has 2 bridgehead atoms. The maximum Gasteiger partial charge on any atom is 0.0471 e. The third-order valence-electron chi connectivity index (χ3n) is 5.69. The molecule has 0 aromatic heterocycles. The Morgan fingerprint density at radius 2 is 1.80 bits per heavy atom. The van der Waals surface area contributed by atoms with Crippen molar-refractivity contribution in [1.29, 1.82) is 0 Å². The average molecular weight is 207 g/mol. The predicted octanol–water partition coefficient (Wildman–Crippen LogP) is 1.35. The molecule has 0 spiro atoms. The molecule has 2 nitrogen and oxygen atoms in total. The van der Waals surface area contributed by atoms with E-state index in [-0.39, 0.29) is 0 Å². The first-order valence-electron chi connectivity index (χ1n) is 6.73. The predicted molar refractivity (Wildman–Crippen MR) is 58.4 cm³/mol. The van der Waals surface area contributed by atoms with E-state index in [0.29, 0.717) is 12.5 Å². The SMILES string of the molecule is OCC1CCN(C2C3C4CCC(C4)C32)C1. The summed E-state index contributed by atoms with van der Waals surface area (Å²) in [4.78, 5) is 2.71. The highest BCUT2D eigenvalue weighted by Gasteiger charge is 2.66. The zero-order valence-electron chi connectivity index (χ0n) is 9.31. The Kier molecular flexibility index (Phi) is 1.79. The number of hydrogen-bond donors (Lipinski definition) is 1. The van der Waals surface area contributed by atoms with Crippen molar-refractivity contribution in [2.24, 2.45) is 29.6 Å². The number of aliphatic hydroxyl groups excluding tert-OH is 1. The van der Waals surface area contributed by atoms with Gasteiger partial charge in [0.15, 0.2) is 0 Å². The summed E-state index contributed by atoms with van der Waals surface area (Å²) in [6.45, 7) is 2.86. The van der Waals surface area contributed by atoms with E-state index in [1.165, 1.54) is 32.4 Å². The fourth-order valence-electron chi connectivity index (χ4n) is 5.05. The number of aliphatic hydroxyl groups is 1. The Hall–Kier alpha value is -0.0800. The van der Waals surface area contributed by atoms with Crippen molar-refractivity contribution in [2.75, 3.05) is 19.7 Å². The molecule has 0 aromatic carbocycles. The molecule has 0 aromatic rings. The summed E-state index contributed by atoms with van der Waals surface area (Å²) in [5, 5.41) is 9.18. The zero-order chi connectivity index (χ0) is 9.99. The van der Waals surface area contributed by atoms with Crippen molar-refractivity contribution in [3.63, 3.8) is 0 Å². The third kappa shape index (κ3) is 1.13. The summed E-state index contributed by atoms with van der Waals surface area (Å²) in [7, 11) is 0. The average Bonchev–Trinajstić information content (AvgIpc) is 2.72. The molecule has 2 heteroatoms. The second-order valence-electron chi connectivity index (χ2n) is 6.31. The van der Waals surface area contributed by atoms with Gasteiger partial charge in [0.2, 0.25) is 0 Å². The second kappa shape index (κ2) is 2.98. The maximum atomic E-state index is 9.18. The molecule has 4 rings (SSSR count). The fourth-order valence-corrected chi connectivity index (χ4v) is 5.05. The summed E-state index contributed by atoms with van der Waals surface area (Å²) in [6.07, 6.45) is 5.85. The highest BCUT2D eigenvalue weighted by Crippen LogP contribution is 2.67. The monoisotopic (exact) mass is 207 g/mol. The van der Waals surface area contributed by atoms with Gasteiger partial charge in [-0.15, -0.1) is 0 Å². The van der Waals surface area contributed by atoms with Crippen LogP contribution < -0.4 is 0 Å². The summed E-state index contributed by atoms with van der Waals surface area (Å²) < 4.78 is 0. The Morgan fingerprint density at radius 3 is 2.40 bits per heavy atom. The van der Waals surface area contributed by atoms with Gasteiger partial charge in [0.05, 0.1) is 0 Å². The van der Waals surface area contributed by atoms with Crippen LogP contribution in [-0.4, -0.2) is 35.7 Å². The third-order valence-corrected chi connectivity index (χ3v) is 5.69. The van der Waals surface area contributed by atoms with Gasteiger partial charge in [-0.25, -0.2) is 0 Å². The minimum absolute atomic E-state index is 0.408. The van der Waals surface area contributed by atoms with Gasteiger partial charge in [0, 0.05) is 19.2 Å². The summed E-state index contributed by atoms with van der Waals surface area (Å²) >= 11 is 0. The van der Waals surface area contributed by atoms with Crippen molar-refractivity contribution in [3.05, 3.63) is 0 Å². The highest BCUT2D eigenvalue weighted by atomic mass is 16.3. The van der Waals surface area contributed by atoms with Crippen molar-refractivity contribution < 1.29 is 5.11 Å². The van der Waals surface area contributed by atoms with Crippen LogP contribution in [0.4, 0.5) is 0 Å². The van der Waals surface area contributed by atoms with E-state index in [1.807, 2.05) is 0 Å². The van der Waals surface area contributed by atoms with E-state index >= 15 is 0 Å². The number of likely N-dealkylation sites (tertiary alicyclic amines) is 1. The molecule has 3 saturated carbocycles. The van der Waals surface area contributed by atoms with Gasteiger partial charge in [-0.1, -0.05) is 0 Å². The summed E-state index contributed by atoms with van der Waals surface area (Å²) in [5.41, 5.74) is 0. The first-order valence-corrected chi connectivity index (χ1v) is 6.73. The lowest BCUT2D eigenvalue weighted by Gasteiger charge is -2.19. The van der Waals surface area contributed by atoms with Crippen LogP contribution in [0.3, 0.4) is 0 Å². The molecule has 5 atom stereocenters. The van der Waals surface area contributed by atoms with Gasteiger partial charge in [0.1, 0.15) is 0 Å². The lowest BCUT2D eigenvalue weighted by molar-refractivity contribution is 0.208. The molecule has 4 fully saturated rings. The van der Waals surface area contributed by atoms with E-state index < -0.39 is 0 Å². The highest BCUT2D eigenvalue weighted by molar-refractivity contribution is 5.17. The summed E-state index contributed by atoms with van der Waals surface area (Å²) in [6, 6.07) is 0.952. The van der Waals surface area contributed by atoms with Gasteiger partial charge in [-0.3, -0.25) is 4.90 Å². The van der Waals surface area contributed by atoms with Gasteiger partial charge < -0.3 is 5.11 Å². The van der Waals surface area contributed by atoms with Gasteiger partial charge in [0.25, 0.3) is 0 Å². The number of fused-ring (bicyclic) bond motifs is 5. The number of nitrogens with zero attached hydrogens (tertiary/aromatic N) is 1. The minimum Gasteiger partial charge on any atom is -0.396 e. The molecule has 84 valence electrons. The van der Waals surface area contributed by atoms with Crippen LogP contribution in [0.25, 0.3) is 0 Å². The first-order chi connectivity index (χ1) is 7.38. The first kappa shape index (κ1) is 9.00. The van der Waals surface area contributed by atoms with Crippen LogP contribution in [0, 0.1) is 29.6 Å². The van der Waals surface area contributed by atoms with E-state index in [0.717, 1.165) is 29.7 Å². The van der Waals surface area contributed by atoms with Crippen molar-refractivity contribution in [2.45, 2.75) is 31.7 Å². The molecular weight excluding hydrogens is 186 g/mol. The lowest BCUT2D eigenvalue weighted by atomic mass is 10.0. The summed E-state index contributed by atoms with van der Waals surface area (Å²) in [5.74, 6) is 4.95. The van der Waals surface area contributed by atoms with Gasteiger partial charge in [-0.05, 0) is 61.8 Å². The van der Waals surface area contributed by atoms with E-state index in [1.54, 1.807) is 6.42 Å². The van der Waals surface area contributed by atoms with Crippen LogP contribution in [-0.2, 0) is 0 Å². The molecule has 4 aliphatic rings. The van der Waals surface area contributed by atoms with Crippen LogP contribution in [0.5, 0.6) is 0 Å². The second-order valence-corrected chi connectivity index (χ2v) is 6.31. The smallest absolute Gasteiger partial charge is 0.0471 e. The molecule has 3 aliphatic carbocycles. The molecule has 15 heavy (non-hydrogen) atoms. The van der Waals surface area contributed by atoms with Crippen molar-refractivity contribution in [3.8, 4) is 0 Å². The van der Waals surface area contributed by atoms with Crippen LogP contribution in [0.15, 0.2) is 0 Å². The Labute approximate surface area is 91.6 Å². The van der Waals surface area contributed by atoms with E-state index in [9.17, 15) is 5.11 Å². The molecule has 1 aliphatic heterocycles. The molecule has 0 amide bonds. The molecule has 0 radical (unpaired) electrons. The molecule has 1 N–H and O–H groups in total. The van der Waals surface area contributed by atoms with Gasteiger partial charge in [-0.2, -0.15) is 0 Å². The molecular formula is C13H21NO. The Bertz CT molecular complexity index is 264. The maximum absolute atomic E-state index is 9.18. The standard InChI is InChI=1S/C13H21NO/c15-7-8-3-4-14(6-8)13-11-9-1-2-10(5-9)12(11)13/h8-13,15H,1-7H2. The largest absolute Gasteiger partial charge is 0.396 e. The van der Waals surface area contributed by atoms with Crippen LogP contribution in [0.1, 0.15) is 25.7 Å². The normalized spacial score (nSPS) is 57.4. The van der Waals surface area contributed by atoms with E-state index in [4.69, 9.17) is 0 Å². The number of rotatable bonds is 2. The van der Waals surface area contributed by atoms with Gasteiger partial charge >= 0.3 is 0 Å². The van der Waals surface area contributed by atoms with E-state index in [2.05, 4.69) is 4.90 Å². The molecule has 1 heterocycles. The quantitative estimate of drug-likeness (QED) is 0.739. The Balaban J connectivity index is 1.45.